The molecule has 1 unspecified atom stereocenters. The van der Waals surface area contributed by atoms with Gasteiger partial charge in [0.25, 0.3) is 0 Å². The molecule has 55 heavy (non-hydrogen) atoms. The zero-order valence-corrected chi connectivity index (χ0v) is 36.2. The van der Waals surface area contributed by atoms with Crippen molar-refractivity contribution in [3.8, 4) is 0 Å². The molecule has 0 radical (unpaired) electrons. The monoisotopic (exact) mass is 765 g/mol. The first-order valence-electron chi connectivity index (χ1n) is 23.2. The third-order valence-corrected chi connectivity index (χ3v) is 9.70. The quantitative estimate of drug-likeness (QED) is 0.0382. The summed E-state index contributed by atoms with van der Waals surface area (Å²) in [7, 11) is 0. The van der Waals surface area contributed by atoms with Crippen LogP contribution in [0.1, 0.15) is 206 Å². The van der Waals surface area contributed by atoms with Crippen molar-refractivity contribution < 1.29 is 19.4 Å². The van der Waals surface area contributed by atoms with Crippen LogP contribution in [0.5, 0.6) is 0 Å². The van der Waals surface area contributed by atoms with Gasteiger partial charge in [-0.1, -0.05) is 195 Å². The molecule has 0 aromatic rings. The van der Waals surface area contributed by atoms with E-state index < -0.39 is 6.10 Å². The molecule has 0 heterocycles. The molecule has 0 aliphatic carbocycles. The molecule has 0 saturated heterocycles. The number of hydrogen-bond donors (Lipinski definition) is 1. The van der Waals surface area contributed by atoms with Crippen LogP contribution >= 0.6 is 0 Å². The SMILES string of the molecule is CC/C=C\C/C=C\C/C=C\C/C=C\CCCCCCC(=O)OC(CO)COCCCCCCCCCCCCC/C=C\C/C=C\C/C=C\CCCCCCC. The minimum Gasteiger partial charge on any atom is -0.457 e. The highest BCUT2D eigenvalue weighted by atomic mass is 16.6. The number of ether oxygens (including phenoxy) is 2. The Labute approximate surface area is 341 Å². The fraction of sp³-hybridized carbons (Fsp3) is 0.706. The van der Waals surface area contributed by atoms with Gasteiger partial charge in [-0.2, -0.15) is 0 Å². The average molecular weight is 765 g/mol. The maximum atomic E-state index is 12.2. The van der Waals surface area contributed by atoms with Crippen molar-refractivity contribution in [2.24, 2.45) is 0 Å². The summed E-state index contributed by atoms with van der Waals surface area (Å²) in [6.07, 6.45) is 66.6. The summed E-state index contributed by atoms with van der Waals surface area (Å²) in [6, 6.07) is 0. The second kappa shape index (κ2) is 47.7. The Morgan fingerprint density at radius 2 is 0.818 bits per heavy atom. The van der Waals surface area contributed by atoms with Gasteiger partial charge in [-0.3, -0.25) is 4.79 Å². The number of hydrogen-bond acceptors (Lipinski definition) is 4. The standard InChI is InChI=1S/C51H88O4/c1-3-5-7-9-11-13-15-17-19-21-22-23-24-25-26-27-28-29-31-33-35-37-39-41-43-45-47-54-49-50(48-52)55-51(53)46-44-42-40-38-36-34-32-30-20-18-16-14-12-10-8-6-4-2/h6,8,12,14-15,17-18,20-22,24-25,32,34,50,52H,3-5,7,9-11,13,16,19,23,26-31,33,35-49H2,1-2H3/b8-6-,14-12-,17-15-,20-18-,22-21-,25-24-,34-32-. The van der Waals surface area contributed by atoms with Crippen molar-refractivity contribution in [3.05, 3.63) is 85.1 Å². The fourth-order valence-corrected chi connectivity index (χ4v) is 6.27. The van der Waals surface area contributed by atoms with E-state index in [9.17, 15) is 9.90 Å². The van der Waals surface area contributed by atoms with Crippen molar-refractivity contribution in [3.63, 3.8) is 0 Å². The van der Waals surface area contributed by atoms with Crippen LogP contribution in [0.2, 0.25) is 0 Å². The summed E-state index contributed by atoms with van der Waals surface area (Å²) in [5.41, 5.74) is 0. The van der Waals surface area contributed by atoms with E-state index in [1.54, 1.807) is 0 Å². The normalized spacial score (nSPS) is 13.1. The first-order valence-corrected chi connectivity index (χ1v) is 23.2. The number of unbranched alkanes of at least 4 members (excludes halogenated alkanes) is 20. The van der Waals surface area contributed by atoms with Crippen molar-refractivity contribution >= 4 is 5.97 Å². The Bertz CT molecular complexity index is 985. The summed E-state index contributed by atoms with van der Waals surface area (Å²) in [5.74, 6) is -0.227. The lowest BCUT2D eigenvalue weighted by Gasteiger charge is -2.15. The molecule has 4 nitrogen and oxygen atoms in total. The van der Waals surface area contributed by atoms with Gasteiger partial charge < -0.3 is 14.6 Å². The van der Waals surface area contributed by atoms with Crippen LogP contribution in [0.3, 0.4) is 0 Å². The number of rotatable bonds is 42. The summed E-state index contributed by atoms with van der Waals surface area (Å²) < 4.78 is 11.2. The molecular weight excluding hydrogens is 677 g/mol. The number of esters is 1. The molecule has 0 aromatic heterocycles. The molecule has 0 fully saturated rings. The molecule has 0 aliphatic rings. The van der Waals surface area contributed by atoms with Crippen LogP contribution in [-0.4, -0.2) is 37.0 Å². The second-order valence-electron chi connectivity index (χ2n) is 15.1. The van der Waals surface area contributed by atoms with Crippen LogP contribution in [-0.2, 0) is 14.3 Å². The third-order valence-electron chi connectivity index (χ3n) is 9.70. The topological polar surface area (TPSA) is 55.8 Å². The molecular formula is C51H88O4. The van der Waals surface area contributed by atoms with Crippen molar-refractivity contribution in [1.82, 2.24) is 0 Å². The Morgan fingerprint density at radius 1 is 0.455 bits per heavy atom. The molecule has 1 N–H and O–H groups in total. The minimum absolute atomic E-state index is 0.187. The van der Waals surface area contributed by atoms with E-state index in [1.807, 2.05) is 0 Å². The molecule has 0 rings (SSSR count). The van der Waals surface area contributed by atoms with Crippen LogP contribution in [0.15, 0.2) is 85.1 Å². The van der Waals surface area contributed by atoms with E-state index in [1.165, 1.54) is 109 Å². The molecule has 0 amide bonds. The fourth-order valence-electron chi connectivity index (χ4n) is 6.27. The predicted octanol–water partition coefficient (Wildman–Crippen LogP) is 15.5. The van der Waals surface area contributed by atoms with Gasteiger partial charge in [-0.05, 0) is 89.9 Å². The van der Waals surface area contributed by atoms with Crippen molar-refractivity contribution in [2.75, 3.05) is 19.8 Å². The molecule has 1 atom stereocenters. The van der Waals surface area contributed by atoms with E-state index in [-0.39, 0.29) is 19.2 Å². The molecule has 0 spiro atoms. The number of aliphatic hydroxyl groups excluding tert-OH is 1. The number of carbonyl (C=O) groups excluding carboxylic acids is 1. The largest absolute Gasteiger partial charge is 0.457 e. The van der Waals surface area contributed by atoms with Crippen LogP contribution in [0, 0.1) is 0 Å². The average Bonchev–Trinajstić information content (AvgIpc) is 3.19. The summed E-state index contributed by atoms with van der Waals surface area (Å²) in [6.45, 7) is 5.19. The summed E-state index contributed by atoms with van der Waals surface area (Å²) >= 11 is 0. The second-order valence-corrected chi connectivity index (χ2v) is 15.1. The van der Waals surface area contributed by atoms with E-state index >= 15 is 0 Å². The van der Waals surface area contributed by atoms with Crippen LogP contribution < -0.4 is 0 Å². The molecule has 0 aromatic carbocycles. The van der Waals surface area contributed by atoms with Gasteiger partial charge in [0.05, 0.1) is 13.2 Å². The molecule has 316 valence electrons. The summed E-state index contributed by atoms with van der Waals surface area (Å²) in [4.78, 5) is 12.2. The minimum atomic E-state index is -0.554. The zero-order valence-electron chi connectivity index (χ0n) is 36.2. The van der Waals surface area contributed by atoms with Gasteiger partial charge in [0.2, 0.25) is 0 Å². The van der Waals surface area contributed by atoms with Gasteiger partial charge >= 0.3 is 5.97 Å². The summed E-state index contributed by atoms with van der Waals surface area (Å²) in [5, 5.41) is 9.62. The highest BCUT2D eigenvalue weighted by molar-refractivity contribution is 5.69. The Morgan fingerprint density at radius 3 is 1.24 bits per heavy atom. The number of carbonyl (C=O) groups is 1. The van der Waals surface area contributed by atoms with Crippen molar-refractivity contribution in [1.29, 1.82) is 0 Å². The molecule has 0 aliphatic heterocycles. The smallest absolute Gasteiger partial charge is 0.306 e. The van der Waals surface area contributed by atoms with E-state index in [0.29, 0.717) is 13.0 Å². The maximum absolute atomic E-state index is 12.2. The number of aliphatic hydroxyl groups is 1. The Hall–Kier alpha value is -2.43. The molecule has 0 bridgehead atoms. The third kappa shape index (κ3) is 45.9. The van der Waals surface area contributed by atoms with Gasteiger partial charge in [0.15, 0.2) is 0 Å². The maximum Gasteiger partial charge on any atom is 0.306 e. The van der Waals surface area contributed by atoms with E-state index in [4.69, 9.17) is 9.47 Å². The lowest BCUT2D eigenvalue weighted by Crippen LogP contribution is -2.27. The highest BCUT2D eigenvalue weighted by Crippen LogP contribution is 2.13. The van der Waals surface area contributed by atoms with Crippen LogP contribution in [0.4, 0.5) is 0 Å². The van der Waals surface area contributed by atoms with Gasteiger partial charge in [-0.15, -0.1) is 0 Å². The van der Waals surface area contributed by atoms with E-state index in [2.05, 4.69) is 98.9 Å². The molecule has 4 heteroatoms. The van der Waals surface area contributed by atoms with Gasteiger partial charge in [0.1, 0.15) is 6.10 Å². The predicted molar refractivity (Wildman–Crippen MR) is 242 cm³/mol. The number of allylic oxidation sites excluding steroid dienone is 14. The lowest BCUT2D eigenvalue weighted by atomic mass is 10.1. The van der Waals surface area contributed by atoms with Gasteiger partial charge in [-0.25, -0.2) is 0 Å². The van der Waals surface area contributed by atoms with E-state index in [0.717, 1.165) is 77.0 Å². The first kappa shape index (κ1) is 52.6. The van der Waals surface area contributed by atoms with Gasteiger partial charge in [0, 0.05) is 13.0 Å². The highest BCUT2D eigenvalue weighted by Gasteiger charge is 2.13. The van der Waals surface area contributed by atoms with Crippen LogP contribution in [0.25, 0.3) is 0 Å². The lowest BCUT2D eigenvalue weighted by molar-refractivity contribution is -0.154. The Balaban J connectivity index is 3.48. The van der Waals surface area contributed by atoms with Crippen molar-refractivity contribution in [2.45, 2.75) is 213 Å². The zero-order chi connectivity index (χ0) is 39.8. The first-order chi connectivity index (χ1) is 27.2. The molecule has 0 saturated carbocycles. The Kier molecular flexibility index (Phi) is 45.6.